The summed E-state index contributed by atoms with van der Waals surface area (Å²) in [5, 5.41) is 0. The number of carbonyl (C=O) groups is 2. The van der Waals surface area contributed by atoms with E-state index in [1.807, 2.05) is 0 Å². The summed E-state index contributed by atoms with van der Waals surface area (Å²) in [6.45, 7) is 5.29. The van der Waals surface area contributed by atoms with E-state index in [0.29, 0.717) is 0 Å². The van der Waals surface area contributed by atoms with Gasteiger partial charge in [0.05, 0.1) is 31.7 Å². The average Bonchev–Trinajstić information content (AvgIpc) is 2.46. The van der Waals surface area contributed by atoms with Crippen LogP contribution >= 0.6 is 0 Å². The SMILES string of the molecule is C=CC(=O)N(CCN(CCS(=O)(=O)[O-])C(=O)C=C)CCS(=O)(=O)[O-]. The van der Waals surface area contributed by atoms with Gasteiger partial charge in [-0.2, -0.15) is 0 Å². The summed E-state index contributed by atoms with van der Waals surface area (Å²) in [4.78, 5) is 25.2. The highest BCUT2D eigenvalue weighted by atomic mass is 32.2. The summed E-state index contributed by atoms with van der Waals surface area (Å²) in [6.07, 6.45) is 1.80. The van der Waals surface area contributed by atoms with Gasteiger partial charge in [-0.15, -0.1) is 0 Å². The molecule has 138 valence electrons. The van der Waals surface area contributed by atoms with Crippen LogP contribution in [0.4, 0.5) is 0 Å². The quantitative estimate of drug-likeness (QED) is 0.296. The van der Waals surface area contributed by atoms with E-state index in [9.17, 15) is 35.5 Å². The standard InChI is InChI=1S/C12H20N2O8S2/c1-3-11(15)13(7-9-23(17,18)19)5-6-14(12(16)4-2)8-10-24(20,21)22/h3-4H,1-2,5-10H2,(H,17,18,19)(H,20,21,22)/p-2. The van der Waals surface area contributed by atoms with E-state index >= 15 is 0 Å². The minimum absolute atomic E-state index is 0.182. The molecule has 0 rings (SSSR count). The van der Waals surface area contributed by atoms with Crippen LogP contribution in [0, 0.1) is 0 Å². The molecule has 0 aromatic carbocycles. The zero-order chi connectivity index (χ0) is 19.0. The van der Waals surface area contributed by atoms with Crippen LogP contribution in [0.3, 0.4) is 0 Å². The molecule has 0 spiro atoms. The summed E-state index contributed by atoms with van der Waals surface area (Å²) >= 11 is 0. The molecular weight excluding hydrogens is 364 g/mol. The summed E-state index contributed by atoms with van der Waals surface area (Å²) < 4.78 is 63.9. The van der Waals surface area contributed by atoms with E-state index in [1.165, 1.54) is 0 Å². The fourth-order valence-corrected chi connectivity index (χ4v) is 2.50. The molecule has 0 aliphatic rings. The predicted octanol–water partition coefficient (Wildman–Crippen LogP) is -1.89. The maximum absolute atomic E-state index is 11.6. The maximum atomic E-state index is 11.6. The summed E-state index contributed by atoms with van der Waals surface area (Å²) in [6, 6.07) is 0. The number of carbonyl (C=O) groups excluding carboxylic acids is 2. The molecule has 0 heterocycles. The molecule has 10 nitrogen and oxygen atoms in total. The van der Waals surface area contributed by atoms with Crippen molar-refractivity contribution in [2.24, 2.45) is 0 Å². The minimum Gasteiger partial charge on any atom is -0.748 e. The Hall–Kier alpha value is -1.76. The van der Waals surface area contributed by atoms with Crippen molar-refractivity contribution in [3.63, 3.8) is 0 Å². The second kappa shape index (κ2) is 9.52. The highest BCUT2D eigenvalue weighted by Gasteiger charge is 2.16. The molecule has 0 N–H and O–H groups in total. The number of rotatable bonds is 11. The van der Waals surface area contributed by atoms with Crippen molar-refractivity contribution in [2.75, 3.05) is 37.7 Å². The van der Waals surface area contributed by atoms with Gasteiger partial charge in [-0.25, -0.2) is 16.8 Å². The molecule has 0 saturated heterocycles. The van der Waals surface area contributed by atoms with E-state index in [4.69, 9.17) is 0 Å². The van der Waals surface area contributed by atoms with E-state index in [1.54, 1.807) is 0 Å². The lowest BCUT2D eigenvalue weighted by molar-refractivity contribution is -0.129. The Labute approximate surface area is 140 Å². The largest absolute Gasteiger partial charge is 0.748 e. The molecule has 0 aliphatic carbocycles. The molecule has 0 unspecified atom stereocenters. The maximum Gasteiger partial charge on any atom is 0.246 e. The topological polar surface area (TPSA) is 155 Å². The molecular formula is C12H18N2O8S2-2. The average molecular weight is 382 g/mol. The third-order valence-corrected chi connectivity index (χ3v) is 4.20. The van der Waals surface area contributed by atoms with Gasteiger partial charge >= 0.3 is 0 Å². The molecule has 0 bridgehead atoms. The van der Waals surface area contributed by atoms with Crippen LogP contribution in [0.15, 0.2) is 25.3 Å². The molecule has 24 heavy (non-hydrogen) atoms. The lowest BCUT2D eigenvalue weighted by Crippen LogP contribution is -2.43. The van der Waals surface area contributed by atoms with Gasteiger partial charge in [0.15, 0.2) is 0 Å². The number of hydrogen-bond donors (Lipinski definition) is 0. The van der Waals surface area contributed by atoms with Crippen molar-refractivity contribution in [1.82, 2.24) is 9.80 Å². The van der Waals surface area contributed by atoms with Crippen LogP contribution in [0.1, 0.15) is 0 Å². The van der Waals surface area contributed by atoms with Crippen molar-refractivity contribution in [3.8, 4) is 0 Å². The normalized spacial score (nSPS) is 11.6. The highest BCUT2D eigenvalue weighted by molar-refractivity contribution is 7.85. The van der Waals surface area contributed by atoms with Gasteiger partial charge in [0.25, 0.3) is 0 Å². The van der Waals surface area contributed by atoms with Crippen LogP contribution in [-0.2, 0) is 29.8 Å². The van der Waals surface area contributed by atoms with Crippen molar-refractivity contribution < 1.29 is 35.5 Å². The van der Waals surface area contributed by atoms with Crippen LogP contribution in [-0.4, -0.2) is 85.2 Å². The second-order valence-corrected chi connectivity index (χ2v) is 7.63. The van der Waals surface area contributed by atoms with Crippen LogP contribution in [0.5, 0.6) is 0 Å². The van der Waals surface area contributed by atoms with Gasteiger partial charge in [0.1, 0.15) is 0 Å². The lowest BCUT2D eigenvalue weighted by Gasteiger charge is -2.27. The van der Waals surface area contributed by atoms with Gasteiger partial charge < -0.3 is 18.9 Å². The monoisotopic (exact) mass is 382 g/mol. The molecule has 0 saturated carbocycles. The van der Waals surface area contributed by atoms with Crippen LogP contribution in [0.2, 0.25) is 0 Å². The first-order valence-corrected chi connectivity index (χ1v) is 9.75. The van der Waals surface area contributed by atoms with Crippen LogP contribution < -0.4 is 0 Å². The van der Waals surface area contributed by atoms with E-state index < -0.39 is 56.6 Å². The highest BCUT2D eigenvalue weighted by Crippen LogP contribution is 1.99. The third-order valence-electron chi connectivity index (χ3n) is 2.83. The smallest absolute Gasteiger partial charge is 0.246 e. The molecule has 0 aliphatic heterocycles. The number of nitrogens with zero attached hydrogens (tertiary/aromatic N) is 2. The van der Waals surface area contributed by atoms with Crippen molar-refractivity contribution in [3.05, 3.63) is 25.3 Å². The molecule has 0 aromatic rings. The zero-order valence-electron chi connectivity index (χ0n) is 12.8. The van der Waals surface area contributed by atoms with Crippen molar-refractivity contribution in [2.45, 2.75) is 0 Å². The molecule has 0 fully saturated rings. The molecule has 0 radical (unpaired) electrons. The molecule has 12 heteroatoms. The summed E-state index contributed by atoms with van der Waals surface area (Å²) in [7, 11) is -9.09. The predicted molar refractivity (Wildman–Crippen MR) is 82.7 cm³/mol. The van der Waals surface area contributed by atoms with Crippen molar-refractivity contribution >= 4 is 32.1 Å². The van der Waals surface area contributed by atoms with E-state index in [2.05, 4.69) is 13.2 Å². The van der Waals surface area contributed by atoms with Crippen molar-refractivity contribution in [1.29, 1.82) is 0 Å². The Morgan fingerprint density at radius 2 is 1.04 bits per heavy atom. The second-order valence-electron chi connectivity index (χ2n) is 4.58. The van der Waals surface area contributed by atoms with Gasteiger partial charge in [-0.1, -0.05) is 13.2 Å². The number of hydrogen-bond acceptors (Lipinski definition) is 8. The van der Waals surface area contributed by atoms with E-state index in [0.717, 1.165) is 22.0 Å². The first kappa shape index (κ1) is 22.2. The fourth-order valence-electron chi connectivity index (χ4n) is 1.61. The summed E-state index contributed by atoms with van der Waals surface area (Å²) in [5.74, 6) is -2.98. The first-order valence-electron chi connectivity index (χ1n) is 6.59. The Bertz CT molecular complexity index is 624. The van der Waals surface area contributed by atoms with Gasteiger partial charge in [-0.3, -0.25) is 9.59 Å². The minimum atomic E-state index is -4.55. The molecule has 0 aromatic heterocycles. The Balaban J connectivity index is 4.95. The zero-order valence-corrected chi connectivity index (χ0v) is 14.4. The van der Waals surface area contributed by atoms with Crippen LogP contribution in [0.25, 0.3) is 0 Å². The van der Waals surface area contributed by atoms with E-state index in [-0.39, 0.29) is 13.1 Å². The third kappa shape index (κ3) is 10.1. The Kier molecular flexibility index (Phi) is 8.82. The lowest BCUT2D eigenvalue weighted by atomic mass is 10.3. The Morgan fingerprint density at radius 3 is 1.25 bits per heavy atom. The molecule has 0 atom stereocenters. The van der Waals surface area contributed by atoms with Gasteiger partial charge in [-0.05, 0) is 12.2 Å². The van der Waals surface area contributed by atoms with Gasteiger partial charge in [0.2, 0.25) is 11.8 Å². The van der Waals surface area contributed by atoms with Gasteiger partial charge in [0, 0.05) is 26.2 Å². The number of amides is 2. The fraction of sp³-hybridized carbons (Fsp3) is 0.500. The first-order chi connectivity index (χ1) is 10.9. The summed E-state index contributed by atoms with van der Waals surface area (Å²) in [5.41, 5.74) is 0. The molecule has 2 amide bonds. The Morgan fingerprint density at radius 1 is 0.750 bits per heavy atom.